The van der Waals surface area contributed by atoms with Gasteiger partial charge in [-0.2, -0.15) is 0 Å². The number of benzene rings is 1. The molecular weight excluding hydrogens is 392 g/mol. The summed E-state index contributed by atoms with van der Waals surface area (Å²) in [6.45, 7) is 9.09. The van der Waals surface area contributed by atoms with Gasteiger partial charge in [-0.25, -0.2) is 8.78 Å². The van der Waals surface area contributed by atoms with Crippen molar-refractivity contribution < 1.29 is 28.1 Å². The molecule has 1 saturated heterocycles. The van der Waals surface area contributed by atoms with Crippen molar-refractivity contribution in [3.05, 3.63) is 23.3 Å². The summed E-state index contributed by atoms with van der Waals surface area (Å²) in [6.07, 6.45) is 0.662. The number of aliphatic hydroxyl groups is 1. The van der Waals surface area contributed by atoms with Gasteiger partial charge in [0.1, 0.15) is 0 Å². The molecule has 0 bridgehead atoms. The maximum atomic E-state index is 13.6. The number of halogens is 2. The number of fused-ring (bicyclic) bond motifs is 3. The lowest BCUT2D eigenvalue weighted by Gasteiger charge is -2.46. The summed E-state index contributed by atoms with van der Waals surface area (Å²) in [4.78, 5) is 2.36. The summed E-state index contributed by atoms with van der Waals surface area (Å²) in [6, 6.07) is 3.97. The van der Waals surface area contributed by atoms with Gasteiger partial charge in [0.05, 0.1) is 37.4 Å². The van der Waals surface area contributed by atoms with Crippen LogP contribution in [0.25, 0.3) is 0 Å². The predicted octanol–water partition coefficient (Wildman–Crippen LogP) is 3.82. The lowest BCUT2D eigenvalue weighted by molar-refractivity contribution is -0.149. The zero-order valence-electron chi connectivity index (χ0n) is 18.5. The van der Waals surface area contributed by atoms with Crippen LogP contribution in [0.3, 0.4) is 0 Å². The third-order valence-corrected chi connectivity index (χ3v) is 6.72. The van der Waals surface area contributed by atoms with Gasteiger partial charge in [0.25, 0.3) is 5.92 Å². The van der Waals surface area contributed by atoms with E-state index in [4.69, 9.17) is 14.2 Å². The van der Waals surface area contributed by atoms with Crippen molar-refractivity contribution in [3.8, 4) is 11.5 Å². The van der Waals surface area contributed by atoms with Crippen molar-refractivity contribution in [3.63, 3.8) is 0 Å². The molecule has 30 heavy (non-hydrogen) atoms. The minimum Gasteiger partial charge on any atom is -0.493 e. The summed E-state index contributed by atoms with van der Waals surface area (Å²) in [5.41, 5.74) is 1.94. The molecule has 0 amide bonds. The summed E-state index contributed by atoms with van der Waals surface area (Å²) < 4.78 is 44.5. The van der Waals surface area contributed by atoms with Gasteiger partial charge in [-0.15, -0.1) is 0 Å². The van der Waals surface area contributed by atoms with Crippen LogP contribution in [-0.4, -0.2) is 60.5 Å². The van der Waals surface area contributed by atoms with E-state index in [1.807, 2.05) is 32.9 Å². The van der Waals surface area contributed by atoms with Crippen LogP contribution in [0.5, 0.6) is 11.5 Å². The molecule has 2 heterocycles. The fourth-order valence-corrected chi connectivity index (χ4v) is 4.83. The molecule has 1 aromatic carbocycles. The van der Waals surface area contributed by atoms with Gasteiger partial charge in [-0.05, 0) is 56.9 Å². The third-order valence-electron chi connectivity index (χ3n) is 6.72. The van der Waals surface area contributed by atoms with Crippen molar-refractivity contribution in [2.45, 2.75) is 70.3 Å². The molecule has 1 N–H and O–H groups in total. The number of rotatable bonds is 5. The molecule has 1 saturated carbocycles. The molecule has 3 aliphatic rings. The van der Waals surface area contributed by atoms with E-state index in [-0.39, 0.29) is 24.4 Å². The van der Waals surface area contributed by atoms with E-state index in [2.05, 4.69) is 4.90 Å². The Bertz CT molecular complexity index is 794. The largest absolute Gasteiger partial charge is 0.493 e. The Hall–Kier alpha value is -1.44. The van der Waals surface area contributed by atoms with Crippen molar-refractivity contribution in [1.82, 2.24) is 4.90 Å². The number of hydrogen-bond acceptors (Lipinski definition) is 5. The van der Waals surface area contributed by atoms with E-state index in [0.29, 0.717) is 24.5 Å². The van der Waals surface area contributed by atoms with Gasteiger partial charge in [-0.3, -0.25) is 4.90 Å². The van der Waals surface area contributed by atoms with Gasteiger partial charge in [0.2, 0.25) is 0 Å². The standard InChI is InChI=1S/C23H33F2NO4/c1-13-16(23(13,24)25)12-29-20-8-14-6-7-26-11-21(30-22(2,3)4)18(27)10-17(26)15(14)9-19(20)28-5/h8-9,13,16-18,21,27H,6-7,10-12H2,1-5H3/t13-,16-,17+,18+,21+/m0/s1. The van der Waals surface area contributed by atoms with E-state index in [1.54, 1.807) is 14.0 Å². The highest BCUT2D eigenvalue weighted by Crippen LogP contribution is 2.55. The van der Waals surface area contributed by atoms with Crippen molar-refractivity contribution in [2.24, 2.45) is 11.8 Å². The first-order chi connectivity index (χ1) is 14.0. The average molecular weight is 426 g/mol. The van der Waals surface area contributed by atoms with Gasteiger partial charge in [0.15, 0.2) is 11.5 Å². The number of ether oxygens (including phenoxy) is 3. The predicted molar refractivity (Wildman–Crippen MR) is 109 cm³/mol. The number of methoxy groups -OCH3 is 1. The molecule has 1 aromatic rings. The van der Waals surface area contributed by atoms with E-state index in [0.717, 1.165) is 24.1 Å². The average Bonchev–Trinajstić information content (AvgIpc) is 3.14. The normalized spacial score (nSPS) is 32.9. The molecule has 168 valence electrons. The first kappa shape index (κ1) is 21.8. The van der Waals surface area contributed by atoms with Crippen LogP contribution < -0.4 is 9.47 Å². The maximum Gasteiger partial charge on any atom is 0.257 e. The van der Waals surface area contributed by atoms with Gasteiger partial charge in [-0.1, -0.05) is 6.92 Å². The number of piperidine rings is 1. The highest BCUT2D eigenvalue weighted by Gasteiger charge is 2.65. The summed E-state index contributed by atoms with van der Waals surface area (Å²) in [7, 11) is 1.56. The highest BCUT2D eigenvalue weighted by molar-refractivity contribution is 5.49. The first-order valence-corrected chi connectivity index (χ1v) is 10.8. The quantitative estimate of drug-likeness (QED) is 0.777. The molecule has 7 heteroatoms. The van der Waals surface area contributed by atoms with Crippen LogP contribution in [-0.2, 0) is 11.2 Å². The van der Waals surface area contributed by atoms with Gasteiger partial charge in [0, 0.05) is 25.0 Å². The zero-order chi connectivity index (χ0) is 21.8. The first-order valence-electron chi connectivity index (χ1n) is 10.8. The van der Waals surface area contributed by atoms with Crippen molar-refractivity contribution in [1.29, 1.82) is 0 Å². The molecule has 0 spiro atoms. The van der Waals surface area contributed by atoms with E-state index in [1.165, 1.54) is 0 Å². The lowest BCUT2D eigenvalue weighted by Crippen LogP contribution is -2.53. The number of nitrogens with zero attached hydrogens (tertiary/aromatic N) is 1. The second-order valence-electron chi connectivity index (χ2n) is 9.92. The molecule has 2 aliphatic heterocycles. The Morgan fingerprint density at radius 1 is 1.23 bits per heavy atom. The molecule has 1 aliphatic carbocycles. The molecule has 0 aromatic heterocycles. The third kappa shape index (κ3) is 4.04. The van der Waals surface area contributed by atoms with Crippen LogP contribution in [0.4, 0.5) is 8.78 Å². The van der Waals surface area contributed by atoms with Gasteiger partial charge < -0.3 is 19.3 Å². The summed E-state index contributed by atoms with van der Waals surface area (Å²) >= 11 is 0. The fourth-order valence-electron chi connectivity index (χ4n) is 4.83. The fraction of sp³-hybridized carbons (Fsp3) is 0.739. The lowest BCUT2D eigenvalue weighted by atomic mass is 9.84. The summed E-state index contributed by atoms with van der Waals surface area (Å²) in [5.74, 6) is -2.94. The molecular formula is C23H33F2NO4. The number of hydrogen-bond donors (Lipinski definition) is 1. The number of alkyl halides is 2. The Kier molecular flexibility index (Phi) is 5.52. The molecule has 5 nitrogen and oxygen atoms in total. The Balaban J connectivity index is 1.51. The molecule has 2 fully saturated rings. The number of aliphatic hydroxyl groups excluding tert-OH is 1. The Morgan fingerprint density at radius 2 is 1.93 bits per heavy atom. The second kappa shape index (κ2) is 7.61. The smallest absolute Gasteiger partial charge is 0.257 e. The Morgan fingerprint density at radius 3 is 2.53 bits per heavy atom. The van der Waals surface area contributed by atoms with E-state index >= 15 is 0 Å². The minimum atomic E-state index is -2.63. The van der Waals surface area contributed by atoms with Crippen molar-refractivity contribution in [2.75, 3.05) is 26.8 Å². The van der Waals surface area contributed by atoms with Crippen LogP contribution >= 0.6 is 0 Å². The minimum absolute atomic E-state index is 0.0105. The van der Waals surface area contributed by atoms with Crippen LogP contribution in [0.2, 0.25) is 0 Å². The SMILES string of the molecule is COc1cc2c(cc1OC[C@H]1[C@H](C)C1(F)F)CCN1C[C@@H](OC(C)(C)C)[C@H](O)C[C@H]21. The van der Waals surface area contributed by atoms with E-state index < -0.39 is 23.9 Å². The van der Waals surface area contributed by atoms with Crippen LogP contribution in [0, 0.1) is 11.8 Å². The molecule has 5 atom stereocenters. The highest BCUT2D eigenvalue weighted by atomic mass is 19.3. The van der Waals surface area contributed by atoms with E-state index in [9.17, 15) is 13.9 Å². The van der Waals surface area contributed by atoms with Crippen LogP contribution in [0.15, 0.2) is 12.1 Å². The van der Waals surface area contributed by atoms with Gasteiger partial charge >= 0.3 is 0 Å². The van der Waals surface area contributed by atoms with Crippen LogP contribution in [0.1, 0.15) is 51.3 Å². The maximum absolute atomic E-state index is 13.6. The molecule has 0 radical (unpaired) electrons. The Labute approximate surface area is 177 Å². The molecule has 0 unspecified atom stereocenters. The molecule has 4 rings (SSSR count). The second-order valence-corrected chi connectivity index (χ2v) is 9.92. The topological polar surface area (TPSA) is 51.2 Å². The summed E-state index contributed by atoms with van der Waals surface area (Å²) in [5, 5.41) is 10.7. The van der Waals surface area contributed by atoms with Crippen molar-refractivity contribution >= 4 is 0 Å². The monoisotopic (exact) mass is 425 g/mol. The zero-order valence-corrected chi connectivity index (χ0v) is 18.5.